The molecule has 0 radical (unpaired) electrons. The first-order chi connectivity index (χ1) is 14.1. The summed E-state index contributed by atoms with van der Waals surface area (Å²) in [6.45, 7) is 3.82. The number of carbonyl (C=O) groups is 1. The molecule has 1 aromatic carbocycles. The summed E-state index contributed by atoms with van der Waals surface area (Å²) in [6, 6.07) is 6.37. The minimum absolute atomic E-state index is 0.0230. The highest BCUT2D eigenvalue weighted by molar-refractivity contribution is 5.74. The molecular formula is C22H31N5O2. The Morgan fingerprint density at radius 3 is 2.76 bits per heavy atom. The number of hydrogen-bond acceptors (Lipinski definition) is 3. The van der Waals surface area contributed by atoms with Gasteiger partial charge >= 0.3 is 11.7 Å². The standard InChI is InChI=1S/C22H31N5O2/c1-16(18-11-10-17-7-2-3-8-19(17)15-18)24-21(28)23-12-6-14-27-22(29)26-13-5-4-9-20(26)25-27/h10-11,15-16H,2-9,12-14H2,1H3,(H2,23,24,28). The fourth-order valence-corrected chi connectivity index (χ4v) is 4.38. The van der Waals surface area contributed by atoms with Crippen LogP contribution >= 0.6 is 0 Å². The van der Waals surface area contributed by atoms with Gasteiger partial charge in [-0.15, -0.1) is 0 Å². The van der Waals surface area contributed by atoms with Crippen molar-refractivity contribution in [2.45, 2.75) is 77.4 Å². The van der Waals surface area contributed by atoms with Crippen LogP contribution in [0.2, 0.25) is 0 Å². The van der Waals surface area contributed by atoms with E-state index < -0.39 is 0 Å². The van der Waals surface area contributed by atoms with Gasteiger partial charge in [-0.05, 0) is 68.6 Å². The van der Waals surface area contributed by atoms with E-state index in [1.165, 1.54) is 35.1 Å². The van der Waals surface area contributed by atoms with Gasteiger partial charge in [0.15, 0.2) is 0 Å². The maximum absolute atomic E-state index is 12.3. The Hall–Kier alpha value is -2.57. The van der Waals surface area contributed by atoms with Crippen molar-refractivity contribution in [3.05, 3.63) is 51.2 Å². The predicted octanol–water partition coefficient (Wildman–Crippen LogP) is 2.71. The Kier molecular flexibility index (Phi) is 6.02. The molecule has 2 aromatic rings. The fraction of sp³-hybridized carbons (Fsp3) is 0.591. The summed E-state index contributed by atoms with van der Waals surface area (Å²) in [5.74, 6) is 0.894. The molecule has 1 atom stereocenters. The average Bonchev–Trinajstić information content (AvgIpc) is 3.06. The molecule has 7 nitrogen and oxygen atoms in total. The second-order valence-electron chi connectivity index (χ2n) is 8.24. The summed E-state index contributed by atoms with van der Waals surface area (Å²) < 4.78 is 3.32. The number of nitrogens with zero attached hydrogens (tertiary/aromatic N) is 3. The second kappa shape index (κ2) is 8.84. The van der Waals surface area contributed by atoms with Crippen LogP contribution in [0, 0.1) is 0 Å². The van der Waals surface area contributed by atoms with Crippen LogP contribution in [0.3, 0.4) is 0 Å². The molecule has 2 amide bonds. The third-order valence-corrected chi connectivity index (χ3v) is 6.08. The van der Waals surface area contributed by atoms with E-state index >= 15 is 0 Å². The number of nitrogens with one attached hydrogen (secondary N) is 2. The zero-order valence-electron chi connectivity index (χ0n) is 17.2. The van der Waals surface area contributed by atoms with E-state index in [0.717, 1.165) is 43.6 Å². The van der Waals surface area contributed by atoms with Crippen molar-refractivity contribution in [2.24, 2.45) is 0 Å². The van der Waals surface area contributed by atoms with Crippen molar-refractivity contribution >= 4 is 6.03 Å². The van der Waals surface area contributed by atoms with E-state index in [9.17, 15) is 9.59 Å². The lowest BCUT2D eigenvalue weighted by atomic mass is 9.89. The molecule has 0 spiro atoms. The molecule has 2 heterocycles. The molecule has 0 saturated heterocycles. The highest BCUT2D eigenvalue weighted by Crippen LogP contribution is 2.24. The summed E-state index contributed by atoms with van der Waals surface area (Å²) in [7, 11) is 0. The Morgan fingerprint density at radius 2 is 1.93 bits per heavy atom. The van der Waals surface area contributed by atoms with Crippen molar-refractivity contribution in [3.63, 3.8) is 0 Å². The van der Waals surface area contributed by atoms with E-state index in [2.05, 4.69) is 33.9 Å². The Labute approximate surface area is 171 Å². The third-order valence-electron chi connectivity index (χ3n) is 6.08. The Bertz CT molecular complexity index is 930. The molecule has 7 heteroatoms. The van der Waals surface area contributed by atoms with Crippen LogP contribution in [-0.2, 0) is 32.4 Å². The number of urea groups is 1. The molecule has 2 aliphatic rings. The molecule has 1 aromatic heterocycles. The monoisotopic (exact) mass is 397 g/mol. The van der Waals surface area contributed by atoms with E-state index in [1.54, 1.807) is 4.57 Å². The zero-order valence-corrected chi connectivity index (χ0v) is 17.2. The van der Waals surface area contributed by atoms with Gasteiger partial charge in [0, 0.05) is 26.1 Å². The quantitative estimate of drug-likeness (QED) is 0.736. The lowest BCUT2D eigenvalue weighted by Crippen LogP contribution is -2.38. The van der Waals surface area contributed by atoms with Gasteiger partial charge in [0.05, 0.1) is 6.04 Å². The number of amides is 2. The summed E-state index contributed by atoms with van der Waals surface area (Å²) in [4.78, 5) is 24.6. The molecule has 0 bridgehead atoms. The number of carbonyl (C=O) groups excluding carboxylic acids is 1. The van der Waals surface area contributed by atoms with E-state index in [0.29, 0.717) is 19.5 Å². The molecule has 1 aliphatic carbocycles. The lowest BCUT2D eigenvalue weighted by molar-refractivity contribution is 0.237. The largest absolute Gasteiger partial charge is 0.345 e. The second-order valence-corrected chi connectivity index (χ2v) is 8.24. The SMILES string of the molecule is CC(NC(=O)NCCCn1nc2n(c1=O)CCCC2)c1ccc2c(c1)CCCC2. The van der Waals surface area contributed by atoms with Crippen molar-refractivity contribution in [1.29, 1.82) is 0 Å². The van der Waals surface area contributed by atoms with Crippen molar-refractivity contribution in [1.82, 2.24) is 25.0 Å². The van der Waals surface area contributed by atoms with Gasteiger partial charge in [-0.2, -0.15) is 5.10 Å². The molecule has 156 valence electrons. The summed E-state index contributed by atoms with van der Waals surface area (Å²) in [6.07, 6.45) is 8.53. The van der Waals surface area contributed by atoms with Crippen molar-refractivity contribution < 1.29 is 4.79 Å². The number of fused-ring (bicyclic) bond motifs is 2. The minimum atomic E-state index is -0.174. The number of aryl methyl sites for hydroxylation is 4. The first-order valence-electron chi connectivity index (χ1n) is 10.9. The maximum atomic E-state index is 12.3. The first-order valence-corrected chi connectivity index (χ1v) is 10.9. The predicted molar refractivity (Wildman–Crippen MR) is 112 cm³/mol. The van der Waals surface area contributed by atoms with Crippen LogP contribution in [0.5, 0.6) is 0 Å². The van der Waals surface area contributed by atoms with Crippen molar-refractivity contribution in [2.75, 3.05) is 6.54 Å². The zero-order chi connectivity index (χ0) is 20.2. The molecular weight excluding hydrogens is 366 g/mol. The van der Waals surface area contributed by atoms with Gasteiger partial charge in [0.1, 0.15) is 5.82 Å². The summed E-state index contributed by atoms with van der Waals surface area (Å²) in [5.41, 5.74) is 4.00. The Morgan fingerprint density at radius 1 is 1.14 bits per heavy atom. The number of hydrogen-bond donors (Lipinski definition) is 2. The van der Waals surface area contributed by atoms with Gasteiger partial charge in [-0.1, -0.05) is 18.2 Å². The van der Waals surface area contributed by atoms with E-state index in [4.69, 9.17) is 0 Å². The number of rotatable bonds is 6. The van der Waals surface area contributed by atoms with Crippen LogP contribution in [0.15, 0.2) is 23.0 Å². The molecule has 29 heavy (non-hydrogen) atoms. The third kappa shape index (κ3) is 4.54. The number of aromatic nitrogens is 3. The molecule has 1 aliphatic heterocycles. The van der Waals surface area contributed by atoms with Crippen LogP contribution < -0.4 is 16.3 Å². The first kappa shape index (κ1) is 19.7. The van der Waals surface area contributed by atoms with Gasteiger partial charge in [0.2, 0.25) is 0 Å². The molecule has 4 rings (SSSR count). The fourth-order valence-electron chi connectivity index (χ4n) is 4.38. The van der Waals surface area contributed by atoms with Crippen LogP contribution in [0.4, 0.5) is 4.79 Å². The van der Waals surface area contributed by atoms with E-state index in [1.807, 2.05) is 6.92 Å². The molecule has 2 N–H and O–H groups in total. The summed E-state index contributed by atoms with van der Waals surface area (Å²) >= 11 is 0. The highest BCUT2D eigenvalue weighted by Gasteiger charge is 2.17. The maximum Gasteiger partial charge on any atom is 0.345 e. The van der Waals surface area contributed by atoms with Gasteiger partial charge in [-0.25, -0.2) is 14.3 Å². The highest BCUT2D eigenvalue weighted by atomic mass is 16.2. The van der Waals surface area contributed by atoms with Gasteiger partial charge in [0.25, 0.3) is 0 Å². The topological polar surface area (TPSA) is 81.0 Å². The van der Waals surface area contributed by atoms with Gasteiger partial charge in [-0.3, -0.25) is 4.57 Å². The van der Waals surface area contributed by atoms with Gasteiger partial charge < -0.3 is 10.6 Å². The normalized spacial score (nSPS) is 16.6. The van der Waals surface area contributed by atoms with Crippen molar-refractivity contribution in [3.8, 4) is 0 Å². The van der Waals surface area contributed by atoms with Crippen LogP contribution in [-0.4, -0.2) is 26.9 Å². The molecule has 1 unspecified atom stereocenters. The Balaban J connectivity index is 1.23. The van der Waals surface area contributed by atoms with Crippen LogP contribution in [0.25, 0.3) is 0 Å². The smallest absolute Gasteiger partial charge is 0.338 e. The number of benzene rings is 1. The molecule has 0 fully saturated rings. The van der Waals surface area contributed by atoms with Crippen LogP contribution in [0.1, 0.15) is 67.6 Å². The lowest BCUT2D eigenvalue weighted by Gasteiger charge is -2.20. The average molecular weight is 398 g/mol. The van der Waals surface area contributed by atoms with E-state index in [-0.39, 0.29) is 17.8 Å². The minimum Gasteiger partial charge on any atom is -0.338 e. The molecule has 0 saturated carbocycles. The summed E-state index contributed by atoms with van der Waals surface area (Å²) in [5, 5.41) is 10.3.